The van der Waals surface area contributed by atoms with Crippen LogP contribution in [0.1, 0.15) is 149 Å². The molecule has 14 rings (SSSR count). The van der Waals surface area contributed by atoms with E-state index in [2.05, 4.69) is 209 Å². The molecule has 0 saturated heterocycles. The van der Waals surface area contributed by atoms with Gasteiger partial charge < -0.3 is 18.6 Å². The van der Waals surface area contributed by atoms with Crippen molar-refractivity contribution in [2.45, 2.75) is 129 Å². The molecular formula is C72H68N2O2. The van der Waals surface area contributed by atoms with Gasteiger partial charge in [0.1, 0.15) is 11.2 Å². The minimum Gasteiger partial charge on any atom is -0.454 e. The molecule has 0 spiro atoms. The van der Waals surface area contributed by atoms with Gasteiger partial charge in [-0.05, 0) is 167 Å². The smallest absolute Gasteiger partial charge is 0.159 e. The molecular weight excluding hydrogens is 925 g/mol. The van der Waals surface area contributed by atoms with Crippen molar-refractivity contribution in [3.8, 4) is 0 Å². The summed E-state index contributed by atoms with van der Waals surface area (Å²) in [6.45, 7) is 13.9. The van der Waals surface area contributed by atoms with Crippen LogP contribution in [-0.4, -0.2) is 0 Å². The number of rotatable bonds is 10. The Morgan fingerprint density at radius 3 is 1.12 bits per heavy atom. The molecule has 2 heterocycles. The summed E-state index contributed by atoms with van der Waals surface area (Å²) in [4.78, 5) is 5.03. The molecule has 0 atom stereocenters. The van der Waals surface area contributed by atoms with Gasteiger partial charge in [-0.1, -0.05) is 175 Å². The first kappa shape index (κ1) is 46.9. The molecule has 2 aliphatic carbocycles. The molecule has 4 heteroatoms. The molecule has 76 heavy (non-hydrogen) atoms. The van der Waals surface area contributed by atoms with E-state index < -0.39 is 0 Å². The number of nitrogens with zero attached hydrogens (tertiary/aromatic N) is 2. The highest BCUT2D eigenvalue weighted by Gasteiger charge is 2.30. The summed E-state index contributed by atoms with van der Waals surface area (Å²) < 4.78 is 14.7. The Kier molecular flexibility index (Phi) is 11.5. The normalized spacial score (nSPS) is 15.1. The molecule has 4 nitrogen and oxygen atoms in total. The summed E-state index contributed by atoms with van der Waals surface area (Å²) in [5, 5.41) is 12.4. The van der Waals surface area contributed by atoms with E-state index in [0.29, 0.717) is 11.8 Å². The lowest BCUT2D eigenvalue weighted by molar-refractivity contribution is 0.442. The molecule has 12 aromatic rings. The lowest BCUT2D eigenvalue weighted by atomic mass is 9.83. The zero-order chi connectivity index (χ0) is 51.3. The minimum absolute atomic E-state index is 0.250. The van der Waals surface area contributed by atoms with Crippen molar-refractivity contribution in [2.75, 3.05) is 9.80 Å². The second-order valence-electron chi connectivity index (χ2n) is 23.3. The van der Waals surface area contributed by atoms with E-state index in [1.165, 1.54) is 141 Å². The number of para-hydroxylation sites is 4. The van der Waals surface area contributed by atoms with E-state index >= 15 is 0 Å². The average molecular weight is 993 g/mol. The van der Waals surface area contributed by atoms with Crippen LogP contribution in [0.3, 0.4) is 0 Å². The fourth-order valence-corrected chi connectivity index (χ4v) is 14.2. The molecule has 0 unspecified atom stereocenters. The second kappa shape index (κ2) is 18.6. The van der Waals surface area contributed by atoms with Gasteiger partial charge in [0.2, 0.25) is 0 Å². The molecule has 0 bridgehead atoms. The maximum atomic E-state index is 7.33. The van der Waals surface area contributed by atoms with Crippen molar-refractivity contribution >= 4 is 110 Å². The maximum Gasteiger partial charge on any atom is 0.159 e. The van der Waals surface area contributed by atoms with E-state index in [9.17, 15) is 0 Å². The second-order valence-corrected chi connectivity index (χ2v) is 23.3. The monoisotopic (exact) mass is 993 g/mol. The van der Waals surface area contributed by atoms with Gasteiger partial charge in [-0.15, -0.1) is 0 Å². The zero-order valence-corrected chi connectivity index (χ0v) is 45.1. The summed E-state index contributed by atoms with van der Waals surface area (Å²) in [7, 11) is 0. The van der Waals surface area contributed by atoms with Crippen LogP contribution < -0.4 is 9.80 Å². The Morgan fingerprint density at radius 1 is 0.355 bits per heavy atom. The Morgan fingerprint density at radius 2 is 0.724 bits per heavy atom. The summed E-state index contributed by atoms with van der Waals surface area (Å²) in [6, 6.07) is 60.1. The maximum absolute atomic E-state index is 7.33. The molecule has 0 amide bonds. The number of aryl methyl sites for hydroxylation is 2. The predicted molar refractivity (Wildman–Crippen MR) is 323 cm³/mol. The Balaban J connectivity index is 1.05. The largest absolute Gasteiger partial charge is 0.454 e. The standard InChI is InChI=1S/C72H68N2O2/c1-43(2)61-41-65(73(49-25-13-19-45(5)39-49)63-33-17-31-57-55-29-15-27-51(69(55)75-71(57)63)47-21-9-7-10-22-47)59-38-36-54-62(44(3)4)42-66(60-37-35-53(61)67(59)68(54)60)74(50-26-14-20-46(6)40-50)64-34-18-32-58-56-30-16-28-52(70(56)76-72(58)64)48-23-11-8-12-24-48/h13-20,25-44,47-48H,7-12,21-24H2,1-6H3. The topological polar surface area (TPSA) is 32.8 Å². The molecule has 378 valence electrons. The van der Waals surface area contributed by atoms with Crippen molar-refractivity contribution in [3.05, 3.63) is 191 Å². The first-order chi connectivity index (χ1) is 37.2. The van der Waals surface area contributed by atoms with E-state index in [0.717, 1.165) is 67.2 Å². The number of hydrogen-bond donors (Lipinski definition) is 0. The van der Waals surface area contributed by atoms with E-state index in [1.54, 1.807) is 0 Å². The van der Waals surface area contributed by atoms with Crippen LogP contribution >= 0.6 is 0 Å². The van der Waals surface area contributed by atoms with Crippen molar-refractivity contribution in [2.24, 2.45) is 0 Å². The molecule has 0 N–H and O–H groups in total. The molecule has 0 radical (unpaired) electrons. The zero-order valence-electron chi connectivity index (χ0n) is 45.1. The first-order valence-corrected chi connectivity index (χ1v) is 28.6. The van der Waals surface area contributed by atoms with Crippen molar-refractivity contribution < 1.29 is 8.83 Å². The first-order valence-electron chi connectivity index (χ1n) is 28.6. The molecule has 2 aromatic heterocycles. The van der Waals surface area contributed by atoms with E-state index in [1.807, 2.05) is 0 Å². The SMILES string of the molecule is Cc1cccc(N(c2cc(C(C)C)c3ccc4c(N(c5cccc(C)c5)c5cccc6c5oc5c(C7CCCCC7)cccc56)cc(C(C)C)c5ccc2c3c54)c2cccc3c2oc2c(C4CCCCC4)cccc23)c1. The minimum atomic E-state index is 0.250. The fourth-order valence-electron chi connectivity index (χ4n) is 14.2. The Hall–Kier alpha value is -7.56. The van der Waals surface area contributed by atoms with Crippen LogP contribution in [0.5, 0.6) is 0 Å². The van der Waals surface area contributed by atoms with Crippen LogP contribution in [0, 0.1) is 13.8 Å². The fraction of sp³-hybridized carbons (Fsp3) is 0.278. The van der Waals surface area contributed by atoms with Gasteiger partial charge in [-0.3, -0.25) is 0 Å². The van der Waals surface area contributed by atoms with Gasteiger partial charge in [-0.2, -0.15) is 0 Å². The van der Waals surface area contributed by atoms with Gasteiger partial charge in [-0.25, -0.2) is 0 Å². The third kappa shape index (κ3) is 7.53. The molecule has 2 aliphatic rings. The van der Waals surface area contributed by atoms with Gasteiger partial charge in [0.25, 0.3) is 0 Å². The lowest BCUT2D eigenvalue weighted by Gasteiger charge is -2.31. The van der Waals surface area contributed by atoms with Gasteiger partial charge >= 0.3 is 0 Å². The van der Waals surface area contributed by atoms with Crippen LogP contribution in [0.25, 0.3) is 76.2 Å². The van der Waals surface area contributed by atoms with Crippen molar-refractivity contribution in [1.82, 2.24) is 0 Å². The van der Waals surface area contributed by atoms with Crippen LogP contribution in [-0.2, 0) is 0 Å². The summed E-state index contributed by atoms with van der Waals surface area (Å²) in [5.74, 6) is 1.54. The predicted octanol–water partition coefficient (Wildman–Crippen LogP) is 22.3. The molecule has 2 fully saturated rings. The highest BCUT2D eigenvalue weighted by atomic mass is 16.3. The van der Waals surface area contributed by atoms with Crippen LogP contribution in [0.15, 0.2) is 167 Å². The summed E-state index contributed by atoms with van der Waals surface area (Å²) in [5.41, 5.74) is 18.4. The molecule has 10 aromatic carbocycles. The van der Waals surface area contributed by atoms with Crippen molar-refractivity contribution in [1.29, 1.82) is 0 Å². The summed E-state index contributed by atoms with van der Waals surface area (Å²) >= 11 is 0. The average Bonchev–Trinajstić information content (AvgIpc) is 4.17. The Bertz CT molecular complexity index is 3920. The third-order valence-electron chi connectivity index (χ3n) is 17.8. The Labute approximate surface area is 447 Å². The van der Waals surface area contributed by atoms with Crippen LogP contribution in [0.2, 0.25) is 0 Å². The highest BCUT2D eigenvalue weighted by molar-refractivity contribution is 6.30. The van der Waals surface area contributed by atoms with Crippen molar-refractivity contribution in [3.63, 3.8) is 0 Å². The van der Waals surface area contributed by atoms with Gasteiger partial charge in [0, 0.05) is 43.7 Å². The summed E-state index contributed by atoms with van der Waals surface area (Å²) in [6.07, 6.45) is 12.7. The number of furan rings is 2. The number of anilines is 6. The number of fused-ring (bicyclic) bond motifs is 6. The highest BCUT2D eigenvalue weighted by Crippen LogP contribution is 2.54. The molecule has 0 aliphatic heterocycles. The van der Waals surface area contributed by atoms with Gasteiger partial charge in [0.05, 0.1) is 22.7 Å². The molecule has 2 saturated carbocycles. The van der Waals surface area contributed by atoms with Gasteiger partial charge in [0.15, 0.2) is 11.2 Å². The third-order valence-corrected chi connectivity index (χ3v) is 17.8. The quantitative estimate of drug-likeness (QED) is 0.128. The van der Waals surface area contributed by atoms with E-state index in [-0.39, 0.29) is 11.8 Å². The number of hydrogen-bond acceptors (Lipinski definition) is 4. The number of benzene rings is 10. The lowest BCUT2D eigenvalue weighted by Crippen LogP contribution is -2.13. The van der Waals surface area contributed by atoms with Crippen LogP contribution in [0.4, 0.5) is 34.1 Å². The van der Waals surface area contributed by atoms with E-state index in [4.69, 9.17) is 8.83 Å².